The number of rotatable bonds is 10. The van der Waals surface area contributed by atoms with Crippen molar-refractivity contribution < 1.29 is 18.7 Å². The topological polar surface area (TPSA) is 81.4 Å². The van der Waals surface area contributed by atoms with Crippen LogP contribution < -0.4 is 5.32 Å². The van der Waals surface area contributed by atoms with Crippen molar-refractivity contribution in [2.24, 2.45) is 0 Å². The molecule has 1 aromatic heterocycles. The summed E-state index contributed by atoms with van der Waals surface area (Å²) in [5, 5.41) is 3.24. The van der Waals surface area contributed by atoms with Crippen LogP contribution in [0.5, 0.6) is 0 Å². The Kier molecular flexibility index (Phi) is 7.78. The van der Waals surface area contributed by atoms with Gasteiger partial charge in [-0.15, -0.1) is 0 Å². The molecule has 0 unspecified atom stereocenters. The Morgan fingerprint density at radius 3 is 2.88 bits per heavy atom. The van der Waals surface area contributed by atoms with Gasteiger partial charge in [0, 0.05) is 6.04 Å². The van der Waals surface area contributed by atoms with Crippen molar-refractivity contribution in [3.05, 3.63) is 24.3 Å². The quantitative estimate of drug-likeness (QED) is 0.394. The summed E-state index contributed by atoms with van der Waals surface area (Å²) in [6.07, 6.45) is 4.32. The van der Waals surface area contributed by atoms with E-state index >= 15 is 0 Å². The number of fused-ring (bicyclic) bond motifs is 1. The van der Waals surface area contributed by atoms with Crippen LogP contribution in [0.15, 0.2) is 33.9 Å². The normalized spacial score (nSPS) is 12.1. The minimum Gasteiger partial charge on any atom is -0.455 e. The molecule has 0 aliphatic rings. The number of nitrogens with zero attached hydrogens (tertiary/aromatic N) is 1. The Labute approximate surface area is 151 Å². The molecule has 7 heteroatoms. The van der Waals surface area contributed by atoms with E-state index in [0.29, 0.717) is 10.8 Å². The van der Waals surface area contributed by atoms with Gasteiger partial charge in [0.1, 0.15) is 11.3 Å². The first-order valence-corrected chi connectivity index (χ1v) is 9.50. The number of oxazole rings is 1. The van der Waals surface area contributed by atoms with Crippen LogP contribution in [0.3, 0.4) is 0 Å². The van der Waals surface area contributed by atoms with E-state index in [2.05, 4.69) is 17.2 Å². The zero-order valence-electron chi connectivity index (χ0n) is 14.6. The highest BCUT2D eigenvalue weighted by atomic mass is 32.2. The van der Waals surface area contributed by atoms with E-state index < -0.39 is 5.97 Å². The first kappa shape index (κ1) is 19.3. The molecule has 6 nitrogen and oxygen atoms in total. The molecule has 2 rings (SSSR count). The molecular formula is C18H24N2O4S. The lowest BCUT2D eigenvalue weighted by Crippen LogP contribution is -2.36. The summed E-state index contributed by atoms with van der Waals surface area (Å²) in [5.74, 6) is -0.697. The number of ether oxygens (including phenoxy) is 1. The van der Waals surface area contributed by atoms with Gasteiger partial charge in [-0.1, -0.05) is 50.1 Å². The standard InChI is InChI=1S/C18H24N2O4S/c1-3-4-5-8-13(2)19-16(21)11-23-17(22)12-25-18-20-14-9-6-7-10-15(14)24-18/h6-7,9-10,13H,3-5,8,11-12H2,1-2H3,(H,19,21)/t13-/m0/s1. The molecule has 2 aromatic rings. The number of nitrogens with one attached hydrogen (secondary N) is 1. The molecule has 0 aliphatic heterocycles. The van der Waals surface area contributed by atoms with E-state index in [4.69, 9.17) is 9.15 Å². The molecule has 0 saturated carbocycles. The summed E-state index contributed by atoms with van der Waals surface area (Å²) in [6, 6.07) is 7.48. The van der Waals surface area contributed by atoms with Crippen molar-refractivity contribution in [2.75, 3.05) is 12.4 Å². The van der Waals surface area contributed by atoms with Crippen LogP contribution in [0.2, 0.25) is 0 Å². The van der Waals surface area contributed by atoms with Crippen LogP contribution in [-0.2, 0) is 14.3 Å². The molecule has 136 valence electrons. The Morgan fingerprint density at radius 2 is 2.12 bits per heavy atom. The third-order valence-electron chi connectivity index (χ3n) is 3.60. The Morgan fingerprint density at radius 1 is 1.32 bits per heavy atom. The van der Waals surface area contributed by atoms with Crippen LogP contribution in [0, 0.1) is 0 Å². The van der Waals surface area contributed by atoms with Gasteiger partial charge >= 0.3 is 5.97 Å². The number of esters is 1. The third-order valence-corrected chi connectivity index (χ3v) is 4.40. The van der Waals surface area contributed by atoms with Crippen LogP contribution in [0.1, 0.15) is 39.5 Å². The molecule has 1 N–H and O–H groups in total. The fraction of sp³-hybridized carbons (Fsp3) is 0.500. The van der Waals surface area contributed by atoms with E-state index in [1.807, 2.05) is 31.2 Å². The summed E-state index contributed by atoms with van der Waals surface area (Å²) in [4.78, 5) is 27.8. The van der Waals surface area contributed by atoms with Crippen molar-refractivity contribution in [1.29, 1.82) is 0 Å². The third kappa shape index (κ3) is 6.78. The Hall–Kier alpha value is -2.02. The molecule has 1 atom stereocenters. The highest BCUT2D eigenvalue weighted by Gasteiger charge is 2.13. The van der Waals surface area contributed by atoms with Crippen LogP contribution in [0.4, 0.5) is 0 Å². The number of thioether (sulfide) groups is 1. The van der Waals surface area contributed by atoms with Crippen molar-refractivity contribution >= 4 is 34.7 Å². The van der Waals surface area contributed by atoms with Crippen LogP contribution in [-0.4, -0.2) is 35.3 Å². The maximum Gasteiger partial charge on any atom is 0.316 e. The molecule has 0 saturated heterocycles. The predicted octanol–water partition coefficient (Wildman–Crippen LogP) is 3.55. The van der Waals surface area contributed by atoms with Crippen molar-refractivity contribution in [3.8, 4) is 0 Å². The lowest BCUT2D eigenvalue weighted by molar-refractivity contribution is -0.146. The van der Waals surface area contributed by atoms with Crippen LogP contribution >= 0.6 is 11.8 Å². The number of carbonyl (C=O) groups is 2. The van der Waals surface area contributed by atoms with Gasteiger partial charge < -0.3 is 14.5 Å². The number of hydrogen-bond donors (Lipinski definition) is 1. The molecule has 1 aromatic carbocycles. The van der Waals surface area contributed by atoms with E-state index in [0.717, 1.165) is 43.0 Å². The van der Waals surface area contributed by atoms with E-state index in [1.165, 1.54) is 0 Å². The zero-order chi connectivity index (χ0) is 18.1. The number of para-hydroxylation sites is 2. The van der Waals surface area contributed by atoms with Crippen LogP contribution in [0.25, 0.3) is 11.1 Å². The van der Waals surface area contributed by atoms with Gasteiger partial charge in [0.25, 0.3) is 11.1 Å². The average Bonchev–Trinajstić information content (AvgIpc) is 3.01. The summed E-state index contributed by atoms with van der Waals surface area (Å²) in [5.41, 5.74) is 1.42. The summed E-state index contributed by atoms with van der Waals surface area (Å²) >= 11 is 1.15. The summed E-state index contributed by atoms with van der Waals surface area (Å²) in [7, 11) is 0. The second-order valence-electron chi connectivity index (χ2n) is 5.86. The fourth-order valence-corrected chi connectivity index (χ4v) is 2.95. The van der Waals surface area contributed by atoms with E-state index in [9.17, 15) is 9.59 Å². The first-order valence-electron chi connectivity index (χ1n) is 8.52. The average molecular weight is 364 g/mol. The Balaban J connectivity index is 1.65. The molecule has 25 heavy (non-hydrogen) atoms. The monoisotopic (exact) mass is 364 g/mol. The second-order valence-corrected chi connectivity index (χ2v) is 6.79. The number of benzene rings is 1. The van der Waals surface area contributed by atoms with E-state index in [1.54, 1.807) is 0 Å². The summed E-state index contributed by atoms with van der Waals surface area (Å²) in [6.45, 7) is 3.84. The van der Waals surface area contributed by atoms with Gasteiger partial charge in [-0.25, -0.2) is 4.98 Å². The van der Waals surface area contributed by atoms with Gasteiger partial charge in [-0.2, -0.15) is 0 Å². The largest absolute Gasteiger partial charge is 0.455 e. The molecule has 0 fully saturated rings. The smallest absolute Gasteiger partial charge is 0.316 e. The van der Waals surface area contributed by atoms with Gasteiger partial charge in [0.2, 0.25) is 0 Å². The van der Waals surface area contributed by atoms with Gasteiger partial charge in [-0.05, 0) is 25.5 Å². The number of aromatic nitrogens is 1. The molecule has 1 amide bonds. The van der Waals surface area contributed by atoms with Gasteiger partial charge in [-0.3, -0.25) is 9.59 Å². The summed E-state index contributed by atoms with van der Waals surface area (Å²) < 4.78 is 10.5. The maximum atomic E-state index is 11.8. The SMILES string of the molecule is CCCCC[C@H](C)NC(=O)COC(=O)CSc1nc2ccccc2o1. The molecule has 0 spiro atoms. The molecular weight excluding hydrogens is 340 g/mol. The lowest BCUT2D eigenvalue weighted by Gasteiger charge is -2.13. The molecule has 0 aliphatic carbocycles. The minimum absolute atomic E-state index is 0.0478. The van der Waals surface area contributed by atoms with Gasteiger partial charge in [0.15, 0.2) is 12.2 Å². The highest BCUT2D eigenvalue weighted by Crippen LogP contribution is 2.23. The zero-order valence-corrected chi connectivity index (χ0v) is 15.4. The number of unbranched alkanes of at least 4 members (excludes halogenated alkanes) is 2. The number of carbonyl (C=O) groups excluding carboxylic acids is 2. The minimum atomic E-state index is -0.471. The highest BCUT2D eigenvalue weighted by molar-refractivity contribution is 7.99. The maximum absolute atomic E-state index is 11.8. The van der Waals surface area contributed by atoms with Crippen molar-refractivity contribution in [1.82, 2.24) is 10.3 Å². The van der Waals surface area contributed by atoms with E-state index in [-0.39, 0.29) is 24.3 Å². The number of hydrogen-bond acceptors (Lipinski definition) is 6. The molecule has 0 radical (unpaired) electrons. The predicted molar refractivity (Wildman–Crippen MR) is 97.4 cm³/mol. The van der Waals surface area contributed by atoms with Gasteiger partial charge in [0.05, 0.1) is 0 Å². The first-order chi connectivity index (χ1) is 12.1. The Bertz CT molecular complexity index is 668. The fourth-order valence-electron chi connectivity index (χ4n) is 2.31. The molecule has 0 bridgehead atoms. The second kappa shape index (κ2) is 10.1. The van der Waals surface area contributed by atoms with Crippen molar-refractivity contribution in [2.45, 2.75) is 50.8 Å². The number of amides is 1. The lowest BCUT2D eigenvalue weighted by atomic mass is 10.1. The molecule has 1 heterocycles. The van der Waals surface area contributed by atoms with Crippen molar-refractivity contribution in [3.63, 3.8) is 0 Å².